The van der Waals surface area contributed by atoms with Gasteiger partial charge in [0.05, 0.1) is 6.61 Å². The number of nitrogens with zero attached hydrogens (tertiary/aromatic N) is 2. The zero-order valence-corrected chi connectivity index (χ0v) is 12.8. The fraction of sp³-hybridized carbons (Fsp3) is 0.353. The van der Waals surface area contributed by atoms with E-state index >= 15 is 0 Å². The lowest BCUT2D eigenvalue weighted by molar-refractivity contribution is 0.0372. The van der Waals surface area contributed by atoms with Gasteiger partial charge in [0, 0.05) is 5.56 Å². The van der Waals surface area contributed by atoms with Crippen LogP contribution in [-0.4, -0.2) is 21.4 Å². The summed E-state index contributed by atoms with van der Waals surface area (Å²) in [5.41, 5.74) is -0.164. The second-order valence-electron chi connectivity index (χ2n) is 5.62. The average molecular weight is 313 g/mol. The van der Waals surface area contributed by atoms with Gasteiger partial charge in [-0.1, -0.05) is 42.5 Å². The smallest absolute Gasteiger partial charge is 0.347 e. The summed E-state index contributed by atoms with van der Waals surface area (Å²) in [6, 6.07) is 9.05. The molecule has 0 spiro atoms. The fourth-order valence-electron chi connectivity index (χ4n) is 2.62. The van der Waals surface area contributed by atoms with E-state index in [-0.39, 0.29) is 12.4 Å². The summed E-state index contributed by atoms with van der Waals surface area (Å²) in [6.07, 6.45) is 7.51. The van der Waals surface area contributed by atoms with Crippen molar-refractivity contribution in [2.45, 2.75) is 26.0 Å². The molecule has 1 aliphatic rings. The van der Waals surface area contributed by atoms with Crippen LogP contribution in [0.5, 0.6) is 0 Å². The van der Waals surface area contributed by atoms with Crippen molar-refractivity contribution < 1.29 is 4.74 Å². The van der Waals surface area contributed by atoms with Crippen LogP contribution in [0.4, 0.5) is 0 Å². The summed E-state index contributed by atoms with van der Waals surface area (Å²) in [4.78, 5) is 26.1. The van der Waals surface area contributed by atoms with Gasteiger partial charge in [0.15, 0.2) is 5.69 Å². The first-order chi connectivity index (χ1) is 11.2. The molecule has 1 atom stereocenters. The zero-order chi connectivity index (χ0) is 16.1. The molecular weight excluding hydrogens is 294 g/mol. The third kappa shape index (κ3) is 3.84. The largest absolute Gasteiger partial charge is 0.359 e. The molecule has 0 saturated carbocycles. The third-order valence-electron chi connectivity index (χ3n) is 3.88. The molecule has 6 heteroatoms. The Morgan fingerprint density at radius 2 is 2.04 bits per heavy atom. The molecule has 0 radical (unpaired) electrons. The molecule has 1 unspecified atom stereocenters. The summed E-state index contributed by atoms with van der Waals surface area (Å²) < 4.78 is 6.77. The third-order valence-corrected chi connectivity index (χ3v) is 3.88. The van der Waals surface area contributed by atoms with E-state index in [2.05, 4.69) is 22.2 Å². The summed E-state index contributed by atoms with van der Waals surface area (Å²) in [5, 5.41) is 4.15. The normalized spacial score (nSPS) is 17.3. The second kappa shape index (κ2) is 7.19. The number of aromatic amines is 1. The topological polar surface area (TPSA) is 77.0 Å². The van der Waals surface area contributed by atoms with Crippen LogP contribution >= 0.6 is 0 Å². The van der Waals surface area contributed by atoms with Crippen molar-refractivity contribution in [3.63, 3.8) is 0 Å². The van der Waals surface area contributed by atoms with E-state index in [1.54, 1.807) is 12.1 Å². The van der Waals surface area contributed by atoms with Crippen LogP contribution in [0.3, 0.4) is 0 Å². The molecular formula is C17H19N3O3. The lowest BCUT2D eigenvalue weighted by Gasteiger charge is -2.17. The van der Waals surface area contributed by atoms with Crippen molar-refractivity contribution >= 4 is 0 Å². The number of nitrogens with one attached hydrogen (secondary N) is 1. The molecule has 1 heterocycles. The highest BCUT2D eigenvalue weighted by atomic mass is 16.5. The molecule has 2 aromatic rings. The van der Waals surface area contributed by atoms with E-state index in [1.807, 2.05) is 18.2 Å². The van der Waals surface area contributed by atoms with Gasteiger partial charge in [-0.25, -0.2) is 4.79 Å². The highest BCUT2D eigenvalue weighted by Gasteiger charge is 2.12. The number of ether oxygens (including phenoxy) is 1. The Bertz CT molecular complexity index is 793. The lowest BCUT2D eigenvalue weighted by Crippen LogP contribution is -2.34. The molecule has 1 N–H and O–H groups in total. The Morgan fingerprint density at radius 1 is 1.22 bits per heavy atom. The van der Waals surface area contributed by atoms with E-state index in [0.717, 1.165) is 23.9 Å². The maximum Gasteiger partial charge on any atom is 0.347 e. The van der Waals surface area contributed by atoms with Crippen molar-refractivity contribution in [2.75, 3.05) is 6.61 Å². The fourth-order valence-corrected chi connectivity index (χ4v) is 2.62. The minimum Gasteiger partial charge on any atom is -0.359 e. The van der Waals surface area contributed by atoms with E-state index in [1.165, 1.54) is 0 Å². The number of benzene rings is 1. The molecule has 1 aliphatic carbocycles. The van der Waals surface area contributed by atoms with Crippen LogP contribution < -0.4 is 11.2 Å². The monoisotopic (exact) mass is 313 g/mol. The van der Waals surface area contributed by atoms with Crippen LogP contribution in [-0.2, 0) is 11.5 Å². The predicted molar refractivity (Wildman–Crippen MR) is 87.0 cm³/mol. The average Bonchev–Trinajstić information content (AvgIpc) is 2.58. The lowest BCUT2D eigenvalue weighted by atomic mass is 9.95. The van der Waals surface area contributed by atoms with Crippen molar-refractivity contribution in [1.82, 2.24) is 14.8 Å². The quantitative estimate of drug-likeness (QED) is 0.856. The Balaban J connectivity index is 1.73. The van der Waals surface area contributed by atoms with Crippen molar-refractivity contribution in [3.8, 4) is 11.3 Å². The molecule has 1 aromatic carbocycles. The van der Waals surface area contributed by atoms with Crippen LogP contribution in [0.1, 0.15) is 19.3 Å². The molecule has 0 amide bonds. The molecule has 0 bridgehead atoms. The van der Waals surface area contributed by atoms with Gasteiger partial charge in [0.25, 0.3) is 5.56 Å². The molecule has 23 heavy (non-hydrogen) atoms. The molecule has 0 saturated heterocycles. The summed E-state index contributed by atoms with van der Waals surface area (Å²) in [7, 11) is 0. The zero-order valence-electron chi connectivity index (χ0n) is 12.8. The first-order valence-corrected chi connectivity index (χ1v) is 7.73. The highest BCUT2D eigenvalue weighted by Crippen LogP contribution is 2.18. The van der Waals surface area contributed by atoms with Gasteiger partial charge in [-0.2, -0.15) is 9.78 Å². The van der Waals surface area contributed by atoms with Crippen molar-refractivity contribution in [3.05, 3.63) is 63.3 Å². The molecule has 0 fully saturated rings. The standard InChI is InChI=1S/C17H19N3O3/c21-16-15(14-9-5-2-6-10-14)19-20(17(22)18-16)12-23-11-13-7-3-1-4-8-13/h1-3,5-6,9-10,13H,4,7-8,11-12H2,(H,18,21,22). The Hall–Kier alpha value is -2.47. The molecule has 6 nitrogen and oxygen atoms in total. The maximum absolute atomic E-state index is 11.9. The van der Waals surface area contributed by atoms with Gasteiger partial charge in [-0.3, -0.25) is 9.78 Å². The van der Waals surface area contributed by atoms with Gasteiger partial charge >= 0.3 is 5.69 Å². The highest BCUT2D eigenvalue weighted by molar-refractivity contribution is 5.56. The van der Waals surface area contributed by atoms with Gasteiger partial charge in [-0.15, -0.1) is 0 Å². The van der Waals surface area contributed by atoms with E-state index in [9.17, 15) is 9.59 Å². The van der Waals surface area contributed by atoms with Crippen molar-refractivity contribution in [1.29, 1.82) is 0 Å². The predicted octanol–water partition coefficient (Wildman–Crippen LogP) is 1.93. The van der Waals surface area contributed by atoms with Crippen LogP contribution in [0.15, 0.2) is 52.1 Å². The minimum atomic E-state index is -0.557. The summed E-state index contributed by atoms with van der Waals surface area (Å²) >= 11 is 0. The second-order valence-corrected chi connectivity index (χ2v) is 5.62. The Morgan fingerprint density at radius 3 is 2.78 bits per heavy atom. The van der Waals surface area contributed by atoms with Gasteiger partial charge in [-0.05, 0) is 25.2 Å². The first-order valence-electron chi connectivity index (χ1n) is 7.73. The van der Waals surface area contributed by atoms with E-state index in [4.69, 9.17) is 4.74 Å². The summed E-state index contributed by atoms with van der Waals surface area (Å²) in [5.74, 6) is 0.479. The van der Waals surface area contributed by atoms with Gasteiger partial charge in [0.1, 0.15) is 6.73 Å². The van der Waals surface area contributed by atoms with Crippen LogP contribution in [0, 0.1) is 5.92 Å². The van der Waals surface area contributed by atoms with E-state index < -0.39 is 11.2 Å². The number of allylic oxidation sites excluding steroid dienone is 2. The van der Waals surface area contributed by atoms with Crippen molar-refractivity contribution in [2.24, 2.45) is 5.92 Å². The van der Waals surface area contributed by atoms with Crippen LogP contribution in [0.2, 0.25) is 0 Å². The molecule has 3 rings (SSSR count). The Kier molecular flexibility index (Phi) is 4.83. The summed E-state index contributed by atoms with van der Waals surface area (Å²) in [6.45, 7) is 0.619. The molecule has 0 aliphatic heterocycles. The number of hydrogen-bond acceptors (Lipinski definition) is 4. The van der Waals surface area contributed by atoms with Gasteiger partial charge in [0.2, 0.25) is 0 Å². The number of aromatic nitrogens is 3. The number of rotatable bonds is 5. The minimum absolute atomic E-state index is 0.0374. The van der Waals surface area contributed by atoms with E-state index in [0.29, 0.717) is 18.1 Å². The van der Waals surface area contributed by atoms with Crippen LogP contribution in [0.25, 0.3) is 11.3 Å². The number of H-pyrrole nitrogens is 1. The molecule has 120 valence electrons. The molecule has 1 aromatic heterocycles. The Labute approximate surface area is 133 Å². The SMILES string of the molecule is O=c1[nH]c(=O)n(COCC2CC=CCC2)nc1-c1ccccc1. The first kappa shape index (κ1) is 15.4. The number of hydrogen-bond donors (Lipinski definition) is 1. The maximum atomic E-state index is 11.9. The van der Waals surface area contributed by atoms with Gasteiger partial charge < -0.3 is 4.74 Å².